The summed E-state index contributed by atoms with van der Waals surface area (Å²) in [6, 6.07) is 1.87. The van der Waals surface area contributed by atoms with Gasteiger partial charge in [-0.2, -0.15) is 0 Å². The number of ether oxygens (including phenoxy) is 2. The van der Waals surface area contributed by atoms with E-state index in [2.05, 4.69) is 6.92 Å². The Morgan fingerprint density at radius 3 is 2.95 bits per heavy atom. The number of phenolic OH excluding ortho intramolecular Hbond substituents is 1. The maximum absolute atomic E-state index is 12.8. The highest BCUT2D eigenvalue weighted by molar-refractivity contribution is 5.84. The summed E-state index contributed by atoms with van der Waals surface area (Å²) < 4.78 is 12.2. The van der Waals surface area contributed by atoms with E-state index in [0.717, 1.165) is 24.0 Å². The number of benzene rings is 1. The predicted molar refractivity (Wildman–Crippen MR) is 76.5 cm³/mol. The zero-order chi connectivity index (χ0) is 15.0. The average molecular weight is 298 g/mol. The SMILES string of the molecule is Cc1cc(O)c2c3c1C1OC4C(C)[C@@]5(CC2)C(=O)O[C@@H]4[C@@H]1[C@@H]35. The summed E-state index contributed by atoms with van der Waals surface area (Å²) in [4.78, 5) is 12.8. The molecule has 4 nitrogen and oxygen atoms in total. The average Bonchev–Trinajstić information content (AvgIpc) is 2.97. The third kappa shape index (κ3) is 0.913. The molecule has 3 heterocycles. The summed E-state index contributed by atoms with van der Waals surface area (Å²) in [6.45, 7) is 4.21. The molecule has 7 rings (SSSR count). The molecule has 1 saturated carbocycles. The van der Waals surface area contributed by atoms with E-state index in [1.165, 1.54) is 11.1 Å². The minimum absolute atomic E-state index is 0.0220. The van der Waals surface area contributed by atoms with Gasteiger partial charge in [0.1, 0.15) is 11.9 Å². The lowest BCUT2D eigenvalue weighted by molar-refractivity contribution is -0.215. The molecule has 6 aliphatic rings. The molecule has 114 valence electrons. The second kappa shape index (κ2) is 3.21. The smallest absolute Gasteiger partial charge is 0.313 e. The number of hydrogen-bond donors (Lipinski definition) is 1. The number of hydrogen-bond acceptors (Lipinski definition) is 4. The first kappa shape index (κ1) is 11.9. The van der Waals surface area contributed by atoms with Gasteiger partial charge >= 0.3 is 5.97 Å². The Bertz CT molecular complexity index is 769. The number of carbonyl (C=O) groups is 1. The molecule has 4 bridgehead atoms. The van der Waals surface area contributed by atoms with Gasteiger partial charge in [-0.25, -0.2) is 0 Å². The van der Waals surface area contributed by atoms with Crippen molar-refractivity contribution in [3.63, 3.8) is 0 Å². The van der Waals surface area contributed by atoms with Crippen LogP contribution in [0.15, 0.2) is 6.07 Å². The van der Waals surface area contributed by atoms with E-state index >= 15 is 0 Å². The molecule has 0 aromatic heterocycles. The van der Waals surface area contributed by atoms with Crippen molar-refractivity contribution in [1.29, 1.82) is 0 Å². The predicted octanol–water partition coefficient (Wildman–Crippen LogP) is 2.36. The molecule has 1 spiro atoms. The number of aromatic hydroxyl groups is 1. The molecule has 7 atom stereocenters. The number of fused-ring (bicyclic) bond motifs is 2. The van der Waals surface area contributed by atoms with Crippen LogP contribution >= 0.6 is 0 Å². The molecule has 0 radical (unpaired) electrons. The summed E-state index contributed by atoms with van der Waals surface area (Å²) in [7, 11) is 0. The molecule has 22 heavy (non-hydrogen) atoms. The van der Waals surface area contributed by atoms with Crippen molar-refractivity contribution >= 4 is 5.97 Å². The molecule has 3 aliphatic heterocycles. The van der Waals surface area contributed by atoms with Crippen LogP contribution in [0.5, 0.6) is 5.75 Å². The highest BCUT2D eigenvalue weighted by atomic mass is 16.6. The number of esters is 1. The zero-order valence-corrected chi connectivity index (χ0v) is 12.6. The topological polar surface area (TPSA) is 55.8 Å². The molecular formula is C18H18O4. The summed E-state index contributed by atoms with van der Waals surface area (Å²) in [5, 5.41) is 10.4. The highest BCUT2D eigenvalue weighted by Gasteiger charge is 2.76. The van der Waals surface area contributed by atoms with Crippen LogP contribution < -0.4 is 0 Å². The van der Waals surface area contributed by atoms with Crippen LogP contribution in [0.1, 0.15) is 47.6 Å². The number of rotatable bonds is 0. The van der Waals surface area contributed by atoms with Crippen molar-refractivity contribution < 1.29 is 19.4 Å². The number of aryl methyl sites for hydroxylation is 1. The minimum atomic E-state index is -0.433. The van der Waals surface area contributed by atoms with Gasteiger partial charge in [0.05, 0.1) is 17.6 Å². The van der Waals surface area contributed by atoms with Crippen LogP contribution in [0.3, 0.4) is 0 Å². The lowest BCUT2D eigenvalue weighted by Crippen LogP contribution is -2.64. The van der Waals surface area contributed by atoms with Gasteiger partial charge in [0.2, 0.25) is 0 Å². The summed E-state index contributed by atoms with van der Waals surface area (Å²) in [5.74, 6) is 1.01. The molecule has 1 aromatic rings. The fraction of sp³-hybridized carbons (Fsp3) is 0.611. The van der Waals surface area contributed by atoms with E-state index in [4.69, 9.17) is 9.47 Å². The Morgan fingerprint density at radius 1 is 1.32 bits per heavy atom. The van der Waals surface area contributed by atoms with E-state index in [1.54, 1.807) is 0 Å². The monoisotopic (exact) mass is 298 g/mol. The maximum atomic E-state index is 12.8. The molecule has 3 aliphatic carbocycles. The molecule has 1 N–H and O–H groups in total. The number of carbonyl (C=O) groups excluding carboxylic acids is 1. The molecule has 4 fully saturated rings. The maximum Gasteiger partial charge on any atom is 0.313 e. The van der Waals surface area contributed by atoms with Gasteiger partial charge in [-0.15, -0.1) is 0 Å². The van der Waals surface area contributed by atoms with Crippen molar-refractivity contribution in [2.45, 2.75) is 50.9 Å². The van der Waals surface area contributed by atoms with Crippen LogP contribution in [0.2, 0.25) is 0 Å². The third-order valence-corrected chi connectivity index (χ3v) is 7.31. The van der Waals surface area contributed by atoms with Gasteiger partial charge < -0.3 is 14.6 Å². The number of phenols is 1. The van der Waals surface area contributed by atoms with Gasteiger partial charge in [-0.3, -0.25) is 4.79 Å². The van der Waals surface area contributed by atoms with E-state index in [-0.39, 0.29) is 42.0 Å². The van der Waals surface area contributed by atoms with E-state index in [1.807, 2.05) is 13.0 Å². The van der Waals surface area contributed by atoms with Gasteiger partial charge in [0.25, 0.3) is 0 Å². The molecular weight excluding hydrogens is 280 g/mol. The van der Waals surface area contributed by atoms with E-state index in [0.29, 0.717) is 5.75 Å². The quantitative estimate of drug-likeness (QED) is 0.747. The van der Waals surface area contributed by atoms with Crippen molar-refractivity contribution in [2.24, 2.45) is 17.3 Å². The Hall–Kier alpha value is -1.55. The summed E-state index contributed by atoms with van der Waals surface area (Å²) in [6.07, 6.45) is 1.54. The first-order valence-corrected chi connectivity index (χ1v) is 8.27. The minimum Gasteiger partial charge on any atom is -0.508 e. The molecule has 0 amide bonds. The molecule has 4 heteroatoms. The Balaban J connectivity index is 1.76. The van der Waals surface area contributed by atoms with Crippen molar-refractivity contribution in [1.82, 2.24) is 0 Å². The first-order chi connectivity index (χ1) is 10.6. The van der Waals surface area contributed by atoms with Crippen molar-refractivity contribution in [2.75, 3.05) is 0 Å². The van der Waals surface area contributed by atoms with Crippen LogP contribution in [0.4, 0.5) is 0 Å². The Morgan fingerprint density at radius 2 is 2.14 bits per heavy atom. The lowest BCUT2D eigenvalue weighted by Gasteiger charge is -2.57. The van der Waals surface area contributed by atoms with E-state index < -0.39 is 5.41 Å². The summed E-state index contributed by atoms with van der Waals surface area (Å²) in [5.41, 5.74) is 4.18. The fourth-order valence-corrected chi connectivity index (χ4v) is 6.51. The molecule has 3 unspecified atom stereocenters. The van der Waals surface area contributed by atoms with Gasteiger partial charge in [-0.1, -0.05) is 6.92 Å². The van der Waals surface area contributed by atoms with Crippen LogP contribution in [0, 0.1) is 24.2 Å². The Labute approximate surface area is 128 Å². The lowest BCUT2D eigenvalue weighted by atomic mass is 9.49. The second-order valence-electron chi connectivity index (χ2n) is 7.79. The highest BCUT2D eigenvalue weighted by Crippen LogP contribution is 2.74. The van der Waals surface area contributed by atoms with E-state index in [9.17, 15) is 9.90 Å². The van der Waals surface area contributed by atoms with Gasteiger partial charge in [0.15, 0.2) is 0 Å². The second-order valence-corrected chi connectivity index (χ2v) is 7.79. The van der Waals surface area contributed by atoms with Crippen LogP contribution in [-0.2, 0) is 20.7 Å². The third-order valence-electron chi connectivity index (χ3n) is 7.31. The summed E-state index contributed by atoms with van der Waals surface area (Å²) >= 11 is 0. The van der Waals surface area contributed by atoms with Crippen molar-refractivity contribution in [3.05, 3.63) is 28.3 Å². The van der Waals surface area contributed by atoms with Crippen LogP contribution in [0.25, 0.3) is 0 Å². The van der Waals surface area contributed by atoms with Gasteiger partial charge in [-0.05, 0) is 48.1 Å². The van der Waals surface area contributed by atoms with Gasteiger partial charge in [0, 0.05) is 17.8 Å². The molecule has 1 aromatic carbocycles. The first-order valence-electron chi connectivity index (χ1n) is 8.27. The largest absolute Gasteiger partial charge is 0.508 e. The van der Waals surface area contributed by atoms with Crippen molar-refractivity contribution in [3.8, 4) is 5.75 Å². The standard InChI is InChI=1S/C18H18O4/c1-6-5-9(19)8-3-4-18-7(2)14-16(22-17(18)20)12-13(18)11(8)10(6)15(12)21-14/h5,7,12-16,19H,3-4H2,1-2H3/t7?,12-,13-,14?,15?,16-,18-/m1/s1. The van der Waals surface area contributed by atoms with Crippen LogP contribution in [-0.4, -0.2) is 23.3 Å². The Kier molecular flexibility index (Phi) is 1.74. The normalized spacial score (nSPS) is 48.7. The zero-order valence-electron chi connectivity index (χ0n) is 12.6. The fourth-order valence-electron chi connectivity index (χ4n) is 6.51. The molecule has 3 saturated heterocycles.